The van der Waals surface area contributed by atoms with Crippen LogP contribution in [0.5, 0.6) is 0 Å². The summed E-state index contributed by atoms with van der Waals surface area (Å²) in [5.41, 5.74) is 3.56. The number of hydrogen-bond acceptors (Lipinski definition) is 6. The van der Waals surface area contributed by atoms with E-state index in [1.807, 2.05) is 13.8 Å². The van der Waals surface area contributed by atoms with Crippen molar-refractivity contribution in [3.05, 3.63) is 70.7 Å². The van der Waals surface area contributed by atoms with Gasteiger partial charge in [0.05, 0.1) is 11.3 Å². The van der Waals surface area contributed by atoms with Crippen LogP contribution in [0.15, 0.2) is 52.1 Å². The van der Waals surface area contributed by atoms with Crippen molar-refractivity contribution in [2.45, 2.75) is 56.4 Å². The van der Waals surface area contributed by atoms with Gasteiger partial charge in [0.1, 0.15) is 10.8 Å². The fourth-order valence-corrected chi connectivity index (χ4v) is 4.91. The highest BCUT2D eigenvalue weighted by molar-refractivity contribution is 7.98. The molecule has 166 valence electrons. The van der Waals surface area contributed by atoms with Crippen LogP contribution >= 0.6 is 11.8 Å². The van der Waals surface area contributed by atoms with Gasteiger partial charge in [-0.25, -0.2) is 4.98 Å². The van der Waals surface area contributed by atoms with E-state index < -0.39 is 0 Å². The molecule has 0 saturated heterocycles. The zero-order valence-electron chi connectivity index (χ0n) is 18.2. The molecular formula is C24H26N4O3S. The van der Waals surface area contributed by atoms with Gasteiger partial charge in [0.25, 0.3) is 11.8 Å². The first-order valence-corrected chi connectivity index (χ1v) is 11.7. The zero-order chi connectivity index (χ0) is 22.5. The van der Waals surface area contributed by atoms with E-state index in [2.05, 4.69) is 20.8 Å². The van der Waals surface area contributed by atoms with Gasteiger partial charge in [0.15, 0.2) is 0 Å². The Kier molecular flexibility index (Phi) is 6.90. The molecule has 1 aliphatic rings. The van der Waals surface area contributed by atoms with Crippen LogP contribution in [0.2, 0.25) is 0 Å². The van der Waals surface area contributed by atoms with Crippen LogP contribution in [0, 0.1) is 13.8 Å². The molecule has 1 aliphatic carbocycles. The van der Waals surface area contributed by atoms with Crippen molar-refractivity contribution in [1.82, 2.24) is 15.5 Å². The van der Waals surface area contributed by atoms with E-state index in [0.717, 1.165) is 29.9 Å². The van der Waals surface area contributed by atoms with E-state index in [1.165, 1.54) is 24.6 Å². The molecule has 0 unspecified atom stereocenters. The number of aryl methyl sites for hydroxylation is 2. The molecule has 0 spiro atoms. The quantitative estimate of drug-likeness (QED) is 0.497. The van der Waals surface area contributed by atoms with E-state index in [0.29, 0.717) is 27.6 Å². The number of nitrogens with zero attached hydrogens (tertiary/aromatic N) is 2. The summed E-state index contributed by atoms with van der Waals surface area (Å²) in [5.74, 6) is 1.07. The number of carbonyl (C=O) groups is 2. The van der Waals surface area contributed by atoms with Crippen LogP contribution in [-0.2, 0) is 5.75 Å². The molecule has 2 N–H and O–H groups in total. The van der Waals surface area contributed by atoms with Gasteiger partial charge in [-0.05, 0) is 63.1 Å². The predicted molar refractivity (Wildman–Crippen MR) is 124 cm³/mol. The van der Waals surface area contributed by atoms with Gasteiger partial charge < -0.3 is 15.2 Å². The first-order chi connectivity index (χ1) is 15.5. The summed E-state index contributed by atoms with van der Waals surface area (Å²) in [5, 5.41) is 10.6. The highest BCUT2D eigenvalue weighted by atomic mass is 32.2. The molecular weight excluding hydrogens is 424 g/mol. The second kappa shape index (κ2) is 9.99. The third-order valence-electron chi connectivity index (χ3n) is 5.65. The summed E-state index contributed by atoms with van der Waals surface area (Å²) in [7, 11) is 0. The molecule has 1 aromatic carbocycles. The van der Waals surface area contributed by atoms with Crippen LogP contribution in [0.25, 0.3) is 0 Å². The Labute approximate surface area is 191 Å². The summed E-state index contributed by atoms with van der Waals surface area (Å²) in [6.07, 6.45) is 6.10. The van der Waals surface area contributed by atoms with Crippen LogP contribution in [0.1, 0.15) is 63.4 Å². The molecule has 8 heteroatoms. The standard InChI is InChI=1S/C24H26N4O3S/c1-15-21(16(2)31-28-15)14-32-24-20(8-5-13-25-24)23(30)27-19-11-9-17(10-12-19)22(29)26-18-6-3-4-7-18/h5,8-13,18H,3-4,6-7,14H2,1-2H3,(H,26,29)(H,27,30). The number of pyridine rings is 1. The molecule has 4 rings (SSSR count). The third kappa shape index (κ3) is 5.19. The lowest BCUT2D eigenvalue weighted by molar-refractivity contribution is 0.0937. The largest absolute Gasteiger partial charge is 0.361 e. The smallest absolute Gasteiger partial charge is 0.258 e. The molecule has 0 aliphatic heterocycles. The third-order valence-corrected chi connectivity index (χ3v) is 6.68. The van der Waals surface area contributed by atoms with Crippen molar-refractivity contribution in [3.8, 4) is 0 Å². The molecule has 2 aromatic heterocycles. The lowest BCUT2D eigenvalue weighted by atomic mass is 10.1. The van der Waals surface area contributed by atoms with Gasteiger partial charge >= 0.3 is 0 Å². The molecule has 1 saturated carbocycles. The summed E-state index contributed by atoms with van der Waals surface area (Å²) >= 11 is 1.47. The fourth-order valence-electron chi connectivity index (χ4n) is 3.77. The number of hydrogen-bond donors (Lipinski definition) is 2. The van der Waals surface area contributed by atoms with Gasteiger partial charge in [0.2, 0.25) is 0 Å². The van der Waals surface area contributed by atoms with E-state index >= 15 is 0 Å². The predicted octanol–water partition coefficient (Wildman–Crippen LogP) is 4.90. The fraction of sp³-hybridized carbons (Fsp3) is 0.333. The van der Waals surface area contributed by atoms with Crippen molar-refractivity contribution in [2.75, 3.05) is 5.32 Å². The van der Waals surface area contributed by atoms with Crippen molar-refractivity contribution < 1.29 is 14.1 Å². The Balaban J connectivity index is 1.40. The maximum absolute atomic E-state index is 12.9. The Bertz CT molecular complexity index is 1090. The lowest BCUT2D eigenvalue weighted by Gasteiger charge is -2.12. The topological polar surface area (TPSA) is 97.1 Å². The van der Waals surface area contributed by atoms with Crippen LogP contribution in [0.4, 0.5) is 5.69 Å². The first kappa shape index (κ1) is 22.1. The SMILES string of the molecule is Cc1noc(C)c1CSc1ncccc1C(=O)Nc1ccc(C(=O)NC2CCCC2)cc1. The average Bonchev–Trinajstić information content (AvgIpc) is 3.42. The van der Waals surface area contributed by atoms with E-state index in [1.54, 1.807) is 42.6 Å². The van der Waals surface area contributed by atoms with Crippen LogP contribution in [0.3, 0.4) is 0 Å². The number of nitrogens with one attached hydrogen (secondary N) is 2. The van der Waals surface area contributed by atoms with Crippen LogP contribution in [-0.4, -0.2) is 28.0 Å². The second-order valence-corrected chi connectivity index (χ2v) is 8.90. The number of amides is 2. The molecule has 7 nitrogen and oxygen atoms in total. The average molecular weight is 451 g/mol. The molecule has 1 fully saturated rings. The number of rotatable bonds is 7. The molecule has 0 radical (unpaired) electrons. The second-order valence-electron chi connectivity index (χ2n) is 7.93. The monoisotopic (exact) mass is 450 g/mol. The van der Waals surface area contributed by atoms with Gasteiger partial charge in [0, 0.05) is 34.8 Å². The minimum absolute atomic E-state index is 0.0694. The van der Waals surface area contributed by atoms with Gasteiger partial charge in [-0.1, -0.05) is 18.0 Å². The molecule has 2 heterocycles. The number of thioether (sulfide) groups is 1. The molecule has 0 bridgehead atoms. The normalized spacial score (nSPS) is 13.8. The Hall–Kier alpha value is -3.13. The van der Waals surface area contributed by atoms with E-state index in [4.69, 9.17) is 4.52 Å². The number of benzene rings is 1. The Morgan fingerprint density at radius 1 is 1.09 bits per heavy atom. The van der Waals surface area contributed by atoms with E-state index in [9.17, 15) is 9.59 Å². The van der Waals surface area contributed by atoms with Gasteiger partial charge in [-0.2, -0.15) is 0 Å². The molecule has 0 atom stereocenters. The molecule has 32 heavy (non-hydrogen) atoms. The van der Waals surface area contributed by atoms with Crippen molar-refractivity contribution in [3.63, 3.8) is 0 Å². The van der Waals surface area contributed by atoms with E-state index in [-0.39, 0.29) is 17.9 Å². The minimum atomic E-state index is -0.248. The van der Waals surface area contributed by atoms with Gasteiger partial charge in [-0.15, -0.1) is 11.8 Å². The molecule has 2 amide bonds. The Morgan fingerprint density at radius 3 is 2.53 bits per heavy atom. The van der Waals surface area contributed by atoms with Crippen molar-refractivity contribution >= 4 is 29.3 Å². The van der Waals surface area contributed by atoms with Crippen molar-refractivity contribution in [2.24, 2.45) is 0 Å². The summed E-state index contributed by atoms with van der Waals surface area (Å²) in [6.45, 7) is 3.77. The maximum Gasteiger partial charge on any atom is 0.258 e. The highest BCUT2D eigenvalue weighted by Gasteiger charge is 2.19. The number of anilines is 1. The zero-order valence-corrected chi connectivity index (χ0v) is 19.0. The summed E-state index contributed by atoms with van der Waals surface area (Å²) in [4.78, 5) is 29.7. The van der Waals surface area contributed by atoms with Crippen LogP contribution < -0.4 is 10.6 Å². The lowest BCUT2D eigenvalue weighted by Crippen LogP contribution is -2.32. The maximum atomic E-state index is 12.9. The minimum Gasteiger partial charge on any atom is -0.361 e. The number of carbonyl (C=O) groups excluding carboxylic acids is 2. The highest BCUT2D eigenvalue weighted by Crippen LogP contribution is 2.27. The van der Waals surface area contributed by atoms with Gasteiger partial charge in [-0.3, -0.25) is 9.59 Å². The first-order valence-electron chi connectivity index (χ1n) is 10.7. The molecule has 3 aromatic rings. The number of aromatic nitrogens is 2. The Morgan fingerprint density at radius 2 is 1.84 bits per heavy atom. The summed E-state index contributed by atoms with van der Waals surface area (Å²) < 4.78 is 5.21. The summed E-state index contributed by atoms with van der Waals surface area (Å²) in [6, 6.07) is 10.7. The van der Waals surface area contributed by atoms with Crippen molar-refractivity contribution in [1.29, 1.82) is 0 Å².